The van der Waals surface area contributed by atoms with Crippen molar-refractivity contribution in [3.8, 4) is 0 Å². The Kier molecular flexibility index (Phi) is 2.23. The minimum Gasteiger partial charge on any atom is -0.398 e. The molecule has 2 aromatic rings. The van der Waals surface area contributed by atoms with Gasteiger partial charge in [0.1, 0.15) is 0 Å². The molecule has 72 valence electrons. The van der Waals surface area contributed by atoms with Crippen LogP contribution in [0.1, 0.15) is 0 Å². The van der Waals surface area contributed by atoms with Crippen LogP contribution in [0.15, 0.2) is 41.3 Å². The third-order valence-electron chi connectivity index (χ3n) is 2.11. The Bertz CT molecular complexity index is 510. The summed E-state index contributed by atoms with van der Waals surface area (Å²) in [7, 11) is 0. The Hall–Kier alpha value is -1.39. The predicted molar refractivity (Wildman–Crippen MR) is 57.4 cm³/mol. The van der Waals surface area contributed by atoms with E-state index in [1.165, 1.54) is 0 Å². The molecule has 1 atom stereocenters. The molecule has 0 saturated heterocycles. The molecule has 1 unspecified atom stereocenters. The van der Waals surface area contributed by atoms with Crippen molar-refractivity contribution in [1.29, 1.82) is 0 Å². The molecule has 3 N–H and O–H groups in total. The Morgan fingerprint density at radius 3 is 2.36 bits per heavy atom. The molecule has 0 spiro atoms. The summed E-state index contributed by atoms with van der Waals surface area (Å²) < 4.78 is 20.0. The second-order valence-corrected chi connectivity index (χ2v) is 3.89. The zero-order valence-corrected chi connectivity index (χ0v) is 8.12. The van der Waals surface area contributed by atoms with Gasteiger partial charge in [-0.15, -0.1) is 0 Å². The monoisotopic (exact) mass is 207 g/mol. The van der Waals surface area contributed by atoms with E-state index in [-0.39, 0.29) is 0 Å². The maximum absolute atomic E-state index is 11.0. The van der Waals surface area contributed by atoms with Crippen molar-refractivity contribution >= 4 is 27.5 Å². The number of hydrogen-bond donors (Lipinski definition) is 2. The maximum atomic E-state index is 11.0. The van der Waals surface area contributed by atoms with Crippen molar-refractivity contribution < 1.29 is 8.76 Å². The Balaban J connectivity index is 2.88. The second-order valence-electron chi connectivity index (χ2n) is 2.95. The molecule has 0 aliphatic rings. The van der Waals surface area contributed by atoms with Crippen molar-refractivity contribution in [2.24, 2.45) is 0 Å². The van der Waals surface area contributed by atoms with Crippen molar-refractivity contribution in [2.75, 3.05) is 5.73 Å². The van der Waals surface area contributed by atoms with E-state index >= 15 is 0 Å². The van der Waals surface area contributed by atoms with Gasteiger partial charge in [0.2, 0.25) is 0 Å². The predicted octanol–water partition coefficient (Wildman–Crippen LogP) is 2.00. The first-order chi connectivity index (χ1) is 6.70. The van der Waals surface area contributed by atoms with Crippen LogP contribution in [-0.4, -0.2) is 8.76 Å². The molecule has 0 radical (unpaired) electrons. The molecule has 4 heteroatoms. The van der Waals surface area contributed by atoms with Gasteiger partial charge in [0, 0.05) is 16.5 Å². The SMILES string of the molecule is Nc1ccc(S(=O)O)c2ccccc12. The standard InChI is InChI=1S/C10H9NO2S/c11-9-5-6-10(14(12)13)8-4-2-1-3-7(8)9/h1-6H,11H2,(H,12,13). The molecule has 0 heterocycles. The highest BCUT2D eigenvalue weighted by Crippen LogP contribution is 2.25. The van der Waals surface area contributed by atoms with Crippen LogP contribution in [0.3, 0.4) is 0 Å². The van der Waals surface area contributed by atoms with Crippen molar-refractivity contribution in [3.05, 3.63) is 36.4 Å². The van der Waals surface area contributed by atoms with Crippen LogP contribution in [0.5, 0.6) is 0 Å². The minimum atomic E-state index is -1.97. The number of anilines is 1. The lowest BCUT2D eigenvalue weighted by atomic mass is 10.1. The molecule has 14 heavy (non-hydrogen) atoms. The van der Waals surface area contributed by atoms with Crippen molar-refractivity contribution in [3.63, 3.8) is 0 Å². The van der Waals surface area contributed by atoms with E-state index < -0.39 is 11.1 Å². The van der Waals surface area contributed by atoms with Gasteiger partial charge in [0.15, 0.2) is 11.1 Å². The summed E-state index contributed by atoms with van der Waals surface area (Å²) in [5, 5.41) is 1.54. The number of nitrogens with two attached hydrogens (primary N) is 1. The van der Waals surface area contributed by atoms with Crippen LogP contribution >= 0.6 is 0 Å². The van der Waals surface area contributed by atoms with Crippen LogP contribution in [0.25, 0.3) is 10.8 Å². The molecule has 2 aromatic carbocycles. The van der Waals surface area contributed by atoms with Gasteiger partial charge < -0.3 is 10.3 Å². The van der Waals surface area contributed by atoms with Crippen LogP contribution in [0, 0.1) is 0 Å². The fraction of sp³-hybridized carbons (Fsp3) is 0. The third-order valence-corrected chi connectivity index (χ3v) is 2.84. The lowest BCUT2D eigenvalue weighted by molar-refractivity contribution is 0.565. The average molecular weight is 207 g/mol. The van der Waals surface area contributed by atoms with Gasteiger partial charge >= 0.3 is 0 Å². The van der Waals surface area contributed by atoms with E-state index in [1.807, 2.05) is 18.2 Å². The first-order valence-electron chi connectivity index (χ1n) is 4.08. The largest absolute Gasteiger partial charge is 0.398 e. The summed E-state index contributed by atoms with van der Waals surface area (Å²) in [6.45, 7) is 0. The van der Waals surface area contributed by atoms with Crippen LogP contribution in [-0.2, 0) is 11.1 Å². The van der Waals surface area contributed by atoms with E-state index in [9.17, 15) is 4.21 Å². The van der Waals surface area contributed by atoms with Gasteiger partial charge in [-0.2, -0.15) is 0 Å². The molecular formula is C10H9NO2S. The van der Waals surface area contributed by atoms with Gasteiger partial charge in [-0.3, -0.25) is 0 Å². The second kappa shape index (κ2) is 3.40. The number of benzene rings is 2. The minimum absolute atomic E-state index is 0.398. The molecule has 0 amide bonds. The molecule has 0 aromatic heterocycles. The molecule has 0 aliphatic heterocycles. The van der Waals surface area contributed by atoms with Gasteiger partial charge in [-0.05, 0) is 12.1 Å². The maximum Gasteiger partial charge on any atom is 0.187 e. The summed E-state index contributed by atoms with van der Waals surface area (Å²) in [4.78, 5) is 0.398. The van der Waals surface area contributed by atoms with E-state index in [1.54, 1.807) is 18.2 Å². The highest BCUT2D eigenvalue weighted by molar-refractivity contribution is 7.79. The third kappa shape index (κ3) is 1.38. The van der Waals surface area contributed by atoms with Gasteiger partial charge in [0.25, 0.3) is 0 Å². The molecular weight excluding hydrogens is 198 g/mol. The van der Waals surface area contributed by atoms with Crippen LogP contribution < -0.4 is 5.73 Å². The quantitative estimate of drug-likeness (QED) is 0.555. The van der Waals surface area contributed by atoms with E-state index in [4.69, 9.17) is 10.3 Å². The lowest BCUT2D eigenvalue weighted by Gasteiger charge is -2.04. The molecule has 0 fully saturated rings. The molecule has 0 aliphatic carbocycles. The number of rotatable bonds is 1. The van der Waals surface area contributed by atoms with Crippen LogP contribution in [0.4, 0.5) is 5.69 Å². The fourth-order valence-electron chi connectivity index (χ4n) is 1.45. The highest BCUT2D eigenvalue weighted by atomic mass is 32.2. The molecule has 0 saturated carbocycles. The number of hydrogen-bond acceptors (Lipinski definition) is 2. The number of nitrogen functional groups attached to an aromatic ring is 1. The van der Waals surface area contributed by atoms with E-state index in [2.05, 4.69) is 0 Å². The molecule has 0 bridgehead atoms. The number of fused-ring (bicyclic) bond motifs is 1. The van der Waals surface area contributed by atoms with Crippen molar-refractivity contribution in [2.45, 2.75) is 4.90 Å². The van der Waals surface area contributed by atoms with Gasteiger partial charge in [-0.25, -0.2) is 4.21 Å². The van der Waals surface area contributed by atoms with Crippen molar-refractivity contribution in [1.82, 2.24) is 0 Å². The first kappa shape index (κ1) is 9.18. The smallest absolute Gasteiger partial charge is 0.187 e. The lowest BCUT2D eigenvalue weighted by Crippen LogP contribution is -1.93. The van der Waals surface area contributed by atoms with E-state index in [0.717, 1.165) is 10.8 Å². The summed E-state index contributed by atoms with van der Waals surface area (Å²) in [6.07, 6.45) is 0. The zero-order chi connectivity index (χ0) is 10.1. The summed E-state index contributed by atoms with van der Waals surface area (Å²) in [5.74, 6) is 0. The highest BCUT2D eigenvalue weighted by Gasteiger charge is 2.07. The topological polar surface area (TPSA) is 63.3 Å². The van der Waals surface area contributed by atoms with Crippen LogP contribution in [0.2, 0.25) is 0 Å². The molecule has 2 rings (SSSR count). The van der Waals surface area contributed by atoms with Gasteiger partial charge in [-0.1, -0.05) is 24.3 Å². The molecule has 3 nitrogen and oxygen atoms in total. The Morgan fingerprint density at radius 2 is 1.71 bits per heavy atom. The fourth-order valence-corrected chi connectivity index (χ4v) is 2.00. The average Bonchev–Trinajstić information content (AvgIpc) is 2.18. The Morgan fingerprint density at radius 1 is 1.07 bits per heavy atom. The Labute approximate surface area is 83.8 Å². The van der Waals surface area contributed by atoms with Gasteiger partial charge in [0.05, 0.1) is 4.90 Å². The summed E-state index contributed by atoms with van der Waals surface area (Å²) in [5.41, 5.74) is 6.36. The van der Waals surface area contributed by atoms with E-state index in [0.29, 0.717) is 10.6 Å². The summed E-state index contributed by atoms with van der Waals surface area (Å²) in [6, 6.07) is 10.5. The summed E-state index contributed by atoms with van der Waals surface area (Å²) >= 11 is -1.97. The normalized spacial score (nSPS) is 12.9. The first-order valence-corrected chi connectivity index (χ1v) is 5.19. The zero-order valence-electron chi connectivity index (χ0n) is 7.31.